The summed E-state index contributed by atoms with van der Waals surface area (Å²) in [5.41, 5.74) is 0.482. The molecule has 0 aromatic carbocycles. The molecule has 2 saturated heterocycles. The first-order valence-corrected chi connectivity index (χ1v) is 8.67. The molecule has 0 radical (unpaired) electrons. The molecule has 10 heteroatoms. The van der Waals surface area contributed by atoms with Crippen molar-refractivity contribution in [3.05, 3.63) is 27.9 Å². The third-order valence-corrected chi connectivity index (χ3v) is 5.53. The van der Waals surface area contributed by atoms with Gasteiger partial charge in [-0.05, 0) is 12.8 Å². The predicted octanol–water partition coefficient (Wildman–Crippen LogP) is 3.28. The summed E-state index contributed by atoms with van der Waals surface area (Å²) in [7, 11) is 0. The molecule has 2 aromatic rings. The number of rotatable bonds is 1. The second-order valence-corrected chi connectivity index (χ2v) is 7.06. The van der Waals surface area contributed by atoms with E-state index in [9.17, 15) is 19.6 Å². The Labute approximate surface area is 157 Å². The van der Waals surface area contributed by atoms with Crippen molar-refractivity contribution in [3.63, 3.8) is 0 Å². The van der Waals surface area contributed by atoms with Gasteiger partial charge in [0.05, 0.1) is 17.8 Å². The number of hydrogen-bond donors (Lipinski definition) is 1. The van der Waals surface area contributed by atoms with Crippen LogP contribution in [0, 0.1) is 17.1 Å². The number of aromatic nitrogens is 2. The Kier molecular flexibility index (Phi) is 4.01. The Balaban J connectivity index is 1.88. The zero-order valence-corrected chi connectivity index (χ0v) is 14.8. The molecule has 134 valence electrons. The Bertz CT molecular complexity index is 965. The van der Waals surface area contributed by atoms with Gasteiger partial charge in [0.2, 0.25) is 0 Å². The van der Waals surface area contributed by atoms with Gasteiger partial charge in [0.25, 0.3) is 0 Å². The van der Waals surface area contributed by atoms with E-state index >= 15 is 0 Å². The predicted molar refractivity (Wildman–Crippen MR) is 93.1 cm³/mol. The van der Waals surface area contributed by atoms with Gasteiger partial charge in [-0.1, -0.05) is 23.2 Å². The van der Waals surface area contributed by atoms with Crippen LogP contribution in [0.1, 0.15) is 18.4 Å². The number of fused-ring (bicyclic) bond motifs is 3. The Morgan fingerprint density at radius 3 is 2.54 bits per heavy atom. The molecule has 0 unspecified atom stereocenters. The summed E-state index contributed by atoms with van der Waals surface area (Å²) in [6.45, 7) is 0.772. The third-order valence-electron chi connectivity index (χ3n) is 4.99. The maximum Gasteiger partial charge on any atom is 0.407 e. The molecular formula is C16H12Cl2FN5O2. The Hall–Kier alpha value is -2.37. The van der Waals surface area contributed by atoms with Crippen molar-refractivity contribution in [1.29, 1.82) is 5.26 Å². The zero-order chi connectivity index (χ0) is 18.6. The molecule has 2 fully saturated rings. The maximum absolute atomic E-state index is 14.4. The summed E-state index contributed by atoms with van der Waals surface area (Å²) in [4.78, 5) is 22.6. The fourth-order valence-corrected chi connectivity index (χ4v) is 4.30. The number of halogens is 3. The molecule has 0 aliphatic carbocycles. The summed E-state index contributed by atoms with van der Waals surface area (Å²) >= 11 is 11.9. The summed E-state index contributed by atoms with van der Waals surface area (Å²) in [6.07, 6.45) is 1.90. The lowest BCUT2D eigenvalue weighted by Gasteiger charge is -2.41. The molecule has 4 rings (SSSR count). The number of nitrogens with zero attached hydrogens (tertiary/aromatic N) is 5. The van der Waals surface area contributed by atoms with Crippen LogP contribution in [-0.2, 0) is 0 Å². The van der Waals surface area contributed by atoms with Gasteiger partial charge in [-0.25, -0.2) is 19.2 Å². The van der Waals surface area contributed by atoms with Gasteiger partial charge in [0.15, 0.2) is 11.0 Å². The van der Waals surface area contributed by atoms with E-state index in [4.69, 9.17) is 23.2 Å². The summed E-state index contributed by atoms with van der Waals surface area (Å²) in [6, 6.07) is 1.64. The Morgan fingerprint density at radius 1 is 1.31 bits per heavy atom. The molecule has 2 atom stereocenters. The quantitative estimate of drug-likeness (QED) is 0.744. The zero-order valence-electron chi connectivity index (χ0n) is 13.3. The molecule has 1 amide bonds. The average Bonchev–Trinajstić information content (AvgIpc) is 2.88. The number of pyridine rings is 2. The topological polar surface area (TPSA) is 93.4 Å². The summed E-state index contributed by atoms with van der Waals surface area (Å²) < 4.78 is 14.4. The fraction of sp³-hybridized carbons (Fsp3) is 0.375. The van der Waals surface area contributed by atoms with Gasteiger partial charge in [-0.3, -0.25) is 4.90 Å². The number of piperazine rings is 1. The van der Waals surface area contributed by atoms with Crippen LogP contribution < -0.4 is 4.90 Å². The normalized spacial score (nSPS) is 21.9. The van der Waals surface area contributed by atoms with Gasteiger partial charge in [0, 0.05) is 24.7 Å². The molecule has 2 aromatic heterocycles. The molecule has 2 bridgehead atoms. The highest BCUT2D eigenvalue weighted by Crippen LogP contribution is 2.39. The molecule has 4 heterocycles. The van der Waals surface area contributed by atoms with E-state index < -0.39 is 11.9 Å². The van der Waals surface area contributed by atoms with Crippen LogP contribution in [0.5, 0.6) is 0 Å². The van der Waals surface area contributed by atoms with E-state index in [0.29, 0.717) is 24.2 Å². The molecule has 2 aliphatic heterocycles. The van der Waals surface area contributed by atoms with E-state index in [-0.39, 0.29) is 33.5 Å². The number of hydrogen-bond acceptors (Lipinski definition) is 5. The third kappa shape index (κ3) is 2.42. The average molecular weight is 396 g/mol. The SMILES string of the molecule is N#Cc1c(Cl)nc2c(F)c(Cl)ncc2c1N1C[C@H]2CC[C@@H](C1)N2C(=O)O. The number of anilines is 1. The van der Waals surface area contributed by atoms with Gasteiger partial charge < -0.3 is 10.0 Å². The summed E-state index contributed by atoms with van der Waals surface area (Å²) in [5.74, 6) is -0.802. The van der Waals surface area contributed by atoms with Crippen LogP contribution in [0.3, 0.4) is 0 Å². The van der Waals surface area contributed by atoms with Crippen LogP contribution >= 0.6 is 23.2 Å². The Morgan fingerprint density at radius 2 is 1.96 bits per heavy atom. The minimum Gasteiger partial charge on any atom is -0.465 e. The standard InChI is InChI=1S/C16H12Cl2FN5O2/c17-14-9(3-20)13(10-4-21-15(18)11(19)12(10)22-14)23-5-7-1-2-8(6-23)24(7)16(25)26/h4,7-8H,1-2,5-6H2,(H,25,26)/t7-,8+. The van der Waals surface area contributed by atoms with Crippen molar-refractivity contribution < 1.29 is 14.3 Å². The highest BCUT2D eigenvalue weighted by Gasteiger charge is 2.43. The number of carboxylic acid groups (broad SMARTS) is 1. The lowest BCUT2D eigenvalue weighted by Crippen LogP contribution is -2.55. The smallest absolute Gasteiger partial charge is 0.407 e. The number of carbonyl (C=O) groups is 1. The van der Waals surface area contributed by atoms with Crippen LogP contribution in [0.25, 0.3) is 10.9 Å². The molecule has 2 aliphatic rings. The highest BCUT2D eigenvalue weighted by molar-refractivity contribution is 6.32. The van der Waals surface area contributed by atoms with Gasteiger partial charge in [-0.2, -0.15) is 5.26 Å². The van der Waals surface area contributed by atoms with Gasteiger partial charge in [-0.15, -0.1) is 0 Å². The molecular weight excluding hydrogens is 384 g/mol. The van der Waals surface area contributed by atoms with Crippen LogP contribution in [0.4, 0.5) is 14.9 Å². The number of nitriles is 1. The first kappa shape index (κ1) is 17.1. The summed E-state index contributed by atoms with van der Waals surface area (Å²) in [5, 5.41) is 18.8. The van der Waals surface area contributed by atoms with Crippen molar-refractivity contribution in [2.75, 3.05) is 18.0 Å². The molecule has 0 spiro atoms. The van der Waals surface area contributed by atoms with Crippen molar-refractivity contribution in [3.8, 4) is 6.07 Å². The monoisotopic (exact) mass is 395 g/mol. The number of amides is 1. The first-order valence-electron chi connectivity index (χ1n) is 7.92. The largest absolute Gasteiger partial charge is 0.465 e. The van der Waals surface area contributed by atoms with Crippen LogP contribution in [0.2, 0.25) is 10.3 Å². The maximum atomic E-state index is 14.4. The fourth-order valence-electron chi connectivity index (χ4n) is 3.95. The van der Waals surface area contributed by atoms with Gasteiger partial charge in [0.1, 0.15) is 22.3 Å². The first-order chi connectivity index (χ1) is 12.4. The van der Waals surface area contributed by atoms with Crippen LogP contribution in [-0.4, -0.2) is 51.2 Å². The van der Waals surface area contributed by atoms with E-state index in [1.54, 1.807) is 0 Å². The van der Waals surface area contributed by atoms with Crippen molar-refractivity contribution >= 4 is 45.9 Å². The molecule has 7 nitrogen and oxygen atoms in total. The minimum absolute atomic E-state index is 0.0583. The van der Waals surface area contributed by atoms with E-state index in [1.807, 2.05) is 11.0 Å². The molecule has 26 heavy (non-hydrogen) atoms. The highest BCUT2D eigenvalue weighted by atomic mass is 35.5. The van der Waals surface area contributed by atoms with Crippen molar-refractivity contribution in [1.82, 2.24) is 14.9 Å². The van der Waals surface area contributed by atoms with Crippen molar-refractivity contribution in [2.24, 2.45) is 0 Å². The second-order valence-electron chi connectivity index (χ2n) is 6.34. The van der Waals surface area contributed by atoms with Crippen LogP contribution in [0.15, 0.2) is 6.20 Å². The van der Waals surface area contributed by atoms with Crippen molar-refractivity contribution in [2.45, 2.75) is 24.9 Å². The second kappa shape index (κ2) is 6.11. The van der Waals surface area contributed by atoms with E-state index in [0.717, 1.165) is 12.8 Å². The van der Waals surface area contributed by atoms with E-state index in [2.05, 4.69) is 9.97 Å². The lowest BCUT2D eigenvalue weighted by atomic mass is 10.1. The van der Waals surface area contributed by atoms with E-state index in [1.165, 1.54) is 11.1 Å². The lowest BCUT2D eigenvalue weighted by molar-refractivity contribution is 0.115. The molecule has 1 N–H and O–H groups in total. The molecule has 0 saturated carbocycles. The van der Waals surface area contributed by atoms with Gasteiger partial charge >= 0.3 is 6.09 Å². The minimum atomic E-state index is -0.949.